The van der Waals surface area contributed by atoms with E-state index in [2.05, 4.69) is 27.7 Å². The topological polar surface area (TPSA) is 116 Å². The van der Waals surface area contributed by atoms with Gasteiger partial charge in [0.2, 0.25) is 0 Å². The molecule has 0 radical (unpaired) electrons. The Balaban J connectivity index is 1.79. The zero-order valence-corrected chi connectivity index (χ0v) is 28.7. The molecule has 2 aromatic carbocycles. The molecule has 0 fully saturated rings. The number of hydrogen-bond donors (Lipinski definition) is 2. The number of benzene rings is 2. The van der Waals surface area contributed by atoms with Gasteiger partial charge in [0.15, 0.2) is 17.5 Å². The molecule has 9 nitrogen and oxygen atoms in total. The van der Waals surface area contributed by atoms with Crippen LogP contribution in [-0.4, -0.2) is 57.2 Å². The molecule has 0 amide bonds. The van der Waals surface area contributed by atoms with Crippen molar-refractivity contribution in [2.45, 2.75) is 98.0 Å². The molecule has 0 spiro atoms. The van der Waals surface area contributed by atoms with Gasteiger partial charge in [0.1, 0.15) is 28.8 Å². The minimum atomic E-state index is -0.638. The van der Waals surface area contributed by atoms with E-state index in [9.17, 15) is 10.2 Å². The van der Waals surface area contributed by atoms with Gasteiger partial charge in [0, 0.05) is 18.7 Å². The molecular weight excluding hydrogens is 594 g/mol. The Hall–Kier alpha value is -4.11. The summed E-state index contributed by atoms with van der Waals surface area (Å²) in [5, 5.41) is 22.4. The number of aromatic hydroxyl groups is 1. The summed E-state index contributed by atoms with van der Waals surface area (Å²) in [7, 11) is 0. The van der Waals surface area contributed by atoms with E-state index in [1.165, 1.54) is 0 Å². The van der Waals surface area contributed by atoms with Crippen LogP contribution in [0.2, 0.25) is 0 Å². The third-order valence-corrected chi connectivity index (χ3v) is 7.93. The van der Waals surface area contributed by atoms with Crippen molar-refractivity contribution in [1.29, 1.82) is 0 Å². The number of phenolic OH excluding ortho intramolecular Hbond substituents is 1. The van der Waals surface area contributed by atoms with Crippen LogP contribution < -0.4 is 14.2 Å². The molecule has 9 heteroatoms. The SMILES string of the molecule is CCCCOc1ccc(-c2nc(C3=CCC(C)(OCCCC)C=C3O)nc(-c3ccc(OCCCC)cc3OCCCC)n2)c(O)c1. The van der Waals surface area contributed by atoms with Crippen LogP contribution in [0.25, 0.3) is 28.3 Å². The fraction of sp³-hybridized carbons (Fsp3) is 0.500. The average Bonchev–Trinajstić information content (AvgIpc) is 3.05. The molecule has 2 N–H and O–H groups in total. The largest absolute Gasteiger partial charge is 0.507 e. The number of unbranched alkanes of at least 4 members (excludes halogenated alkanes) is 4. The molecule has 1 atom stereocenters. The summed E-state index contributed by atoms with van der Waals surface area (Å²) in [6.45, 7) is 12.7. The van der Waals surface area contributed by atoms with Gasteiger partial charge < -0.3 is 29.2 Å². The van der Waals surface area contributed by atoms with Crippen LogP contribution >= 0.6 is 0 Å². The van der Waals surface area contributed by atoms with Crippen molar-refractivity contribution < 1.29 is 29.2 Å². The standard InChI is InChI=1S/C38H51N3O6/c1-6-10-20-44-27-14-16-29(32(42)24-27)35-39-36(30-18-19-38(5,26-33(30)43)47-23-13-9-4)41-37(40-35)31-17-15-28(45-21-11-7-2)25-34(31)46-22-12-8-3/h14-18,24-26,42-43H,6-13,19-23H2,1-5H3. The molecule has 0 bridgehead atoms. The second-order valence-electron chi connectivity index (χ2n) is 12.1. The van der Waals surface area contributed by atoms with Crippen molar-refractivity contribution in [1.82, 2.24) is 15.0 Å². The van der Waals surface area contributed by atoms with E-state index in [0.717, 1.165) is 51.4 Å². The van der Waals surface area contributed by atoms with Gasteiger partial charge in [0.25, 0.3) is 0 Å². The molecule has 47 heavy (non-hydrogen) atoms. The maximum Gasteiger partial charge on any atom is 0.167 e. The maximum atomic E-state index is 11.3. The first-order chi connectivity index (χ1) is 22.8. The van der Waals surface area contributed by atoms with Gasteiger partial charge in [0.05, 0.1) is 42.1 Å². The molecular formula is C38H51N3O6. The van der Waals surface area contributed by atoms with Gasteiger partial charge in [-0.05, 0) is 69.4 Å². The highest BCUT2D eigenvalue weighted by Crippen LogP contribution is 2.38. The van der Waals surface area contributed by atoms with Gasteiger partial charge in [-0.1, -0.05) is 59.5 Å². The van der Waals surface area contributed by atoms with E-state index < -0.39 is 5.60 Å². The first-order valence-corrected chi connectivity index (χ1v) is 17.2. The monoisotopic (exact) mass is 645 g/mol. The van der Waals surface area contributed by atoms with E-state index >= 15 is 0 Å². The van der Waals surface area contributed by atoms with Gasteiger partial charge in [-0.2, -0.15) is 0 Å². The highest BCUT2D eigenvalue weighted by molar-refractivity contribution is 5.78. The summed E-state index contributed by atoms with van der Waals surface area (Å²) < 4.78 is 24.2. The normalized spacial score (nSPS) is 16.0. The molecule has 1 aromatic heterocycles. The van der Waals surface area contributed by atoms with Crippen molar-refractivity contribution in [3.05, 3.63) is 60.1 Å². The second kappa shape index (κ2) is 17.7. The summed E-state index contributed by atoms with van der Waals surface area (Å²) in [4.78, 5) is 14.5. The number of rotatable bonds is 19. The molecule has 1 unspecified atom stereocenters. The van der Waals surface area contributed by atoms with Gasteiger partial charge in [-0.15, -0.1) is 0 Å². The molecule has 254 valence electrons. The van der Waals surface area contributed by atoms with Gasteiger partial charge >= 0.3 is 0 Å². The van der Waals surface area contributed by atoms with E-state index in [-0.39, 0.29) is 23.2 Å². The van der Waals surface area contributed by atoms with Crippen molar-refractivity contribution in [3.8, 4) is 45.8 Å². The Morgan fingerprint density at radius 2 is 1.19 bits per heavy atom. The third kappa shape index (κ3) is 9.94. The Bertz CT molecular complexity index is 1520. The van der Waals surface area contributed by atoms with Crippen LogP contribution in [0.15, 0.2) is 54.3 Å². The predicted molar refractivity (Wildman–Crippen MR) is 186 cm³/mol. The van der Waals surface area contributed by atoms with E-state index in [0.29, 0.717) is 72.6 Å². The van der Waals surface area contributed by atoms with Crippen LogP contribution in [0.3, 0.4) is 0 Å². The lowest BCUT2D eigenvalue weighted by Gasteiger charge is -2.29. The lowest BCUT2D eigenvalue weighted by molar-refractivity contribution is 0.00348. The summed E-state index contributed by atoms with van der Waals surface area (Å²) >= 11 is 0. The van der Waals surface area contributed by atoms with Crippen molar-refractivity contribution in [2.24, 2.45) is 0 Å². The smallest absolute Gasteiger partial charge is 0.167 e. The highest BCUT2D eigenvalue weighted by atomic mass is 16.5. The van der Waals surface area contributed by atoms with Crippen LogP contribution in [0, 0.1) is 0 Å². The average molecular weight is 646 g/mol. The minimum absolute atomic E-state index is 0.0181. The number of allylic oxidation sites excluding steroid dienone is 1. The summed E-state index contributed by atoms with van der Waals surface area (Å²) in [6, 6.07) is 10.8. The first-order valence-electron chi connectivity index (χ1n) is 17.2. The Morgan fingerprint density at radius 3 is 1.79 bits per heavy atom. The zero-order chi connectivity index (χ0) is 33.6. The molecule has 0 saturated heterocycles. The summed E-state index contributed by atoms with van der Waals surface area (Å²) in [5.74, 6) is 2.76. The molecule has 0 saturated carbocycles. The Kier molecular flexibility index (Phi) is 13.5. The Morgan fingerprint density at radius 1 is 0.660 bits per heavy atom. The lowest BCUT2D eigenvalue weighted by atomic mass is 9.92. The number of aliphatic hydroxyl groups is 1. The maximum absolute atomic E-state index is 11.3. The van der Waals surface area contributed by atoms with Crippen molar-refractivity contribution in [3.63, 3.8) is 0 Å². The van der Waals surface area contributed by atoms with Crippen LogP contribution in [0.1, 0.15) is 98.2 Å². The van der Waals surface area contributed by atoms with Gasteiger partial charge in [-0.3, -0.25) is 0 Å². The van der Waals surface area contributed by atoms with Crippen LogP contribution in [0.5, 0.6) is 23.0 Å². The van der Waals surface area contributed by atoms with Gasteiger partial charge in [-0.25, -0.2) is 15.0 Å². The molecule has 3 aromatic rings. The number of aromatic nitrogens is 3. The van der Waals surface area contributed by atoms with Crippen molar-refractivity contribution >= 4 is 5.57 Å². The first kappa shape index (κ1) is 35.7. The Labute approximate surface area is 279 Å². The number of nitrogens with zero attached hydrogens (tertiary/aromatic N) is 3. The zero-order valence-electron chi connectivity index (χ0n) is 28.7. The second-order valence-corrected chi connectivity index (χ2v) is 12.1. The van der Waals surface area contributed by atoms with Crippen LogP contribution in [0.4, 0.5) is 0 Å². The third-order valence-electron chi connectivity index (χ3n) is 7.93. The van der Waals surface area contributed by atoms with Crippen LogP contribution in [-0.2, 0) is 4.74 Å². The minimum Gasteiger partial charge on any atom is -0.507 e. The number of phenols is 1. The molecule has 0 aliphatic heterocycles. The number of hydrogen-bond acceptors (Lipinski definition) is 9. The fourth-order valence-corrected chi connectivity index (χ4v) is 5.01. The van der Waals surface area contributed by atoms with E-state index in [1.807, 2.05) is 31.2 Å². The summed E-state index contributed by atoms with van der Waals surface area (Å²) in [5.41, 5.74) is 0.901. The molecule has 1 aliphatic rings. The fourth-order valence-electron chi connectivity index (χ4n) is 5.01. The predicted octanol–water partition coefficient (Wildman–Crippen LogP) is 9.25. The van der Waals surface area contributed by atoms with Crippen molar-refractivity contribution in [2.75, 3.05) is 26.4 Å². The molecule has 1 aliphatic carbocycles. The van der Waals surface area contributed by atoms with E-state index in [4.69, 9.17) is 33.9 Å². The van der Waals surface area contributed by atoms with E-state index in [1.54, 1.807) is 24.3 Å². The quantitative estimate of drug-likeness (QED) is 0.123. The molecule has 1 heterocycles. The highest BCUT2D eigenvalue weighted by Gasteiger charge is 2.29. The lowest BCUT2D eigenvalue weighted by Crippen LogP contribution is -2.29. The summed E-state index contributed by atoms with van der Waals surface area (Å²) in [6.07, 6.45) is 11.9. The molecule has 4 rings (SSSR count). The number of ether oxygens (including phenoxy) is 4. The number of aliphatic hydroxyl groups excluding tert-OH is 1.